The first kappa shape index (κ1) is 17.5. The molecule has 0 saturated carbocycles. The first-order chi connectivity index (χ1) is 11.5. The molecule has 0 aliphatic heterocycles. The fraction of sp³-hybridized carbons (Fsp3) is 0.167. The molecule has 2 rings (SSSR count). The largest absolute Gasteiger partial charge is 0.481 e. The van der Waals surface area contributed by atoms with Gasteiger partial charge in [-0.05, 0) is 6.92 Å². The summed E-state index contributed by atoms with van der Waals surface area (Å²) in [7, 11) is 0. The van der Waals surface area contributed by atoms with E-state index in [1.807, 2.05) is 12.1 Å². The van der Waals surface area contributed by atoms with Crippen LogP contribution in [-0.4, -0.2) is 28.9 Å². The summed E-state index contributed by atoms with van der Waals surface area (Å²) in [5.74, 6) is -2.79. The Morgan fingerprint density at radius 1 is 0.917 bits per heavy atom. The van der Waals surface area contributed by atoms with E-state index in [2.05, 4.69) is 10.2 Å². The van der Waals surface area contributed by atoms with Crippen LogP contribution in [0, 0.1) is 5.92 Å². The molecular weight excluding hydrogens is 314 g/mol. The van der Waals surface area contributed by atoms with E-state index in [0.717, 1.165) is 6.92 Å². The number of carbonyl (C=O) groups is 1. The molecule has 0 bridgehead atoms. The second kappa shape index (κ2) is 8.10. The van der Waals surface area contributed by atoms with Gasteiger partial charge < -0.3 is 5.11 Å². The third kappa shape index (κ3) is 4.32. The Kier molecular flexibility index (Phi) is 5.89. The minimum Gasteiger partial charge on any atom is -0.481 e. The molecule has 4 nitrogen and oxygen atoms in total. The van der Waals surface area contributed by atoms with Gasteiger partial charge in [0.15, 0.2) is 0 Å². The predicted octanol–water partition coefficient (Wildman–Crippen LogP) is 3.87. The first-order valence-corrected chi connectivity index (χ1v) is 7.28. The summed E-state index contributed by atoms with van der Waals surface area (Å²) in [5.41, 5.74) is 1.02. The van der Waals surface area contributed by atoms with Crippen molar-refractivity contribution in [2.75, 3.05) is 0 Å². The van der Waals surface area contributed by atoms with Gasteiger partial charge in [0.25, 0.3) is 6.43 Å². The lowest BCUT2D eigenvalue weighted by atomic mass is 10.0. The molecule has 1 atom stereocenters. The Bertz CT molecular complexity index is 703. The molecule has 0 aliphatic rings. The highest BCUT2D eigenvalue weighted by molar-refractivity contribution is 6.13. The zero-order valence-corrected chi connectivity index (χ0v) is 12.9. The van der Waals surface area contributed by atoms with E-state index in [-0.39, 0.29) is 0 Å². The number of alkyl halides is 2. The molecule has 2 aromatic carbocycles. The number of hydrogen-bond donors (Lipinski definition) is 1. The van der Waals surface area contributed by atoms with Crippen molar-refractivity contribution in [3.8, 4) is 0 Å². The fourth-order valence-electron chi connectivity index (χ4n) is 2.03. The highest BCUT2D eigenvalue weighted by atomic mass is 19.3. The van der Waals surface area contributed by atoms with Crippen molar-refractivity contribution in [1.82, 2.24) is 0 Å². The van der Waals surface area contributed by atoms with Crippen molar-refractivity contribution in [2.24, 2.45) is 16.1 Å². The maximum Gasteiger partial charge on any atom is 0.312 e. The maximum atomic E-state index is 13.1. The molecule has 0 radical (unpaired) electrons. The summed E-state index contributed by atoms with van der Waals surface area (Å²) >= 11 is 0. The first-order valence-electron chi connectivity index (χ1n) is 7.28. The van der Waals surface area contributed by atoms with Crippen molar-refractivity contribution in [3.63, 3.8) is 0 Å². The number of hydrogen-bond acceptors (Lipinski definition) is 3. The highest BCUT2D eigenvalue weighted by Crippen LogP contribution is 2.14. The Hall–Kier alpha value is -2.89. The second-order valence-electron chi connectivity index (χ2n) is 5.07. The van der Waals surface area contributed by atoms with Gasteiger partial charge in [-0.25, -0.2) is 8.78 Å². The van der Waals surface area contributed by atoms with Gasteiger partial charge >= 0.3 is 5.97 Å². The molecule has 0 heterocycles. The molecule has 0 aliphatic carbocycles. The van der Waals surface area contributed by atoms with E-state index >= 15 is 0 Å². The molecule has 6 heteroatoms. The lowest BCUT2D eigenvalue weighted by molar-refractivity contribution is -0.139. The number of carboxylic acids is 1. The molecule has 24 heavy (non-hydrogen) atoms. The van der Waals surface area contributed by atoms with Crippen molar-refractivity contribution >= 4 is 17.4 Å². The van der Waals surface area contributed by atoms with Crippen LogP contribution >= 0.6 is 0 Å². The SMILES string of the molecule is CC(C(=O)O)C(=NN=C(c1ccccc1)c1ccccc1)C(F)F. The quantitative estimate of drug-likeness (QED) is 0.645. The second-order valence-corrected chi connectivity index (χ2v) is 5.07. The molecule has 0 fully saturated rings. The van der Waals surface area contributed by atoms with Crippen LogP contribution in [0.15, 0.2) is 70.9 Å². The molecule has 0 spiro atoms. The van der Waals surface area contributed by atoms with E-state index in [1.54, 1.807) is 48.5 Å². The average Bonchev–Trinajstić information content (AvgIpc) is 2.59. The van der Waals surface area contributed by atoms with Crippen LogP contribution in [0.1, 0.15) is 18.1 Å². The molecular formula is C18H16F2N2O2. The Labute approximate surface area is 138 Å². The molecule has 2 aromatic rings. The van der Waals surface area contributed by atoms with Crippen molar-refractivity contribution in [2.45, 2.75) is 13.3 Å². The topological polar surface area (TPSA) is 62.0 Å². The molecule has 124 valence electrons. The molecule has 0 amide bonds. The summed E-state index contributed by atoms with van der Waals surface area (Å²) in [4.78, 5) is 11.0. The van der Waals surface area contributed by atoms with Crippen LogP contribution in [0.5, 0.6) is 0 Å². The van der Waals surface area contributed by atoms with Crippen LogP contribution in [0.3, 0.4) is 0 Å². The monoisotopic (exact) mass is 330 g/mol. The smallest absolute Gasteiger partial charge is 0.312 e. The van der Waals surface area contributed by atoms with E-state index in [9.17, 15) is 13.6 Å². The van der Waals surface area contributed by atoms with Crippen molar-refractivity contribution < 1.29 is 18.7 Å². The van der Waals surface area contributed by atoms with Crippen LogP contribution in [-0.2, 0) is 4.79 Å². The number of benzene rings is 2. The van der Waals surface area contributed by atoms with Crippen LogP contribution in [0.25, 0.3) is 0 Å². The average molecular weight is 330 g/mol. The van der Waals surface area contributed by atoms with Gasteiger partial charge in [-0.3, -0.25) is 4.79 Å². The number of carboxylic acid groups (broad SMARTS) is 1. The summed E-state index contributed by atoms with van der Waals surface area (Å²) in [5, 5.41) is 16.5. The van der Waals surface area contributed by atoms with E-state index in [0.29, 0.717) is 16.8 Å². The van der Waals surface area contributed by atoms with Crippen LogP contribution in [0.2, 0.25) is 0 Å². The Morgan fingerprint density at radius 2 is 1.38 bits per heavy atom. The fourth-order valence-corrected chi connectivity index (χ4v) is 2.03. The lowest BCUT2D eigenvalue weighted by Gasteiger charge is -2.09. The lowest BCUT2D eigenvalue weighted by Crippen LogP contribution is -2.26. The zero-order valence-electron chi connectivity index (χ0n) is 12.9. The van der Waals surface area contributed by atoms with Gasteiger partial charge in [0, 0.05) is 11.1 Å². The molecule has 1 unspecified atom stereocenters. The summed E-state index contributed by atoms with van der Waals surface area (Å²) in [6, 6.07) is 18.0. The predicted molar refractivity (Wildman–Crippen MR) is 88.8 cm³/mol. The maximum absolute atomic E-state index is 13.1. The Morgan fingerprint density at radius 3 is 1.75 bits per heavy atom. The van der Waals surface area contributed by atoms with Gasteiger partial charge in [-0.15, -0.1) is 5.10 Å². The highest BCUT2D eigenvalue weighted by Gasteiger charge is 2.26. The third-order valence-electron chi connectivity index (χ3n) is 3.40. The summed E-state index contributed by atoms with van der Waals surface area (Å²) in [6.07, 6.45) is -2.99. The minimum atomic E-state index is -2.99. The van der Waals surface area contributed by atoms with Crippen molar-refractivity contribution in [3.05, 3.63) is 71.8 Å². The number of nitrogens with zero attached hydrogens (tertiary/aromatic N) is 2. The summed E-state index contributed by atoms with van der Waals surface area (Å²) < 4.78 is 26.2. The Balaban J connectivity index is 2.52. The van der Waals surface area contributed by atoms with Gasteiger partial charge in [0.05, 0.1) is 5.92 Å². The van der Waals surface area contributed by atoms with Crippen LogP contribution in [0.4, 0.5) is 8.78 Å². The normalized spacial score (nSPS) is 12.8. The summed E-state index contributed by atoms with van der Waals surface area (Å²) in [6.45, 7) is 1.16. The van der Waals surface area contributed by atoms with Gasteiger partial charge in [-0.1, -0.05) is 60.7 Å². The standard InChI is InChI=1S/C18H16F2N2O2/c1-12(18(23)24)15(17(19)20)21-22-16(13-8-4-2-5-9-13)14-10-6-3-7-11-14/h2-12,17H,1H3,(H,23,24). The van der Waals surface area contributed by atoms with Crippen molar-refractivity contribution in [1.29, 1.82) is 0 Å². The zero-order chi connectivity index (χ0) is 17.5. The molecule has 0 aromatic heterocycles. The van der Waals surface area contributed by atoms with Gasteiger partial charge in [0.2, 0.25) is 0 Å². The van der Waals surface area contributed by atoms with Crippen LogP contribution < -0.4 is 0 Å². The third-order valence-corrected chi connectivity index (χ3v) is 3.40. The van der Waals surface area contributed by atoms with E-state index in [4.69, 9.17) is 5.11 Å². The van der Waals surface area contributed by atoms with Gasteiger partial charge in [-0.2, -0.15) is 5.10 Å². The molecule has 0 saturated heterocycles. The number of aliphatic carboxylic acids is 1. The number of halogens is 2. The molecule has 1 N–H and O–H groups in total. The minimum absolute atomic E-state index is 0.395. The van der Waals surface area contributed by atoms with E-state index < -0.39 is 24.0 Å². The van der Waals surface area contributed by atoms with Gasteiger partial charge in [0.1, 0.15) is 11.4 Å². The van der Waals surface area contributed by atoms with E-state index in [1.165, 1.54) is 0 Å². The number of rotatable bonds is 6.